The fourth-order valence-corrected chi connectivity index (χ4v) is 3.71. The molecule has 3 rings (SSSR count). The van der Waals surface area contributed by atoms with Crippen LogP contribution in [-0.4, -0.2) is 49.7 Å². The molecule has 30 heavy (non-hydrogen) atoms. The van der Waals surface area contributed by atoms with Gasteiger partial charge in [-0.1, -0.05) is 0 Å². The number of fused-ring (bicyclic) bond motifs is 1. The molecule has 10 nitrogen and oxygen atoms in total. The van der Waals surface area contributed by atoms with Crippen LogP contribution in [0.25, 0.3) is 10.9 Å². The van der Waals surface area contributed by atoms with Gasteiger partial charge in [0.2, 0.25) is 5.43 Å². The molecule has 1 saturated carbocycles. The molecule has 3 N–H and O–H groups in total. The topological polar surface area (TPSA) is 152 Å². The molecule has 0 spiro atoms. The van der Waals surface area contributed by atoms with Crippen LogP contribution < -0.4 is 10.7 Å². The van der Waals surface area contributed by atoms with E-state index in [1.54, 1.807) is 6.26 Å². The number of benzene rings is 1. The molecule has 160 valence electrons. The maximum atomic E-state index is 14.9. The number of aromatic nitrogens is 1. The lowest BCUT2D eigenvalue weighted by atomic mass is 10.1. The van der Waals surface area contributed by atoms with E-state index in [2.05, 4.69) is 5.32 Å². The van der Waals surface area contributed by atoms with E-state index in [1.165, 1.54) is 16.3 Å². The van der Waals surface area contributed by atoms with Gasteiger partial charge in [-0.05, 0) is 37.3 Å². The summed E-state index contributed by atoms with van der Waals surface area (Å²) < 4.78 is 16.2. The zero-order chi connectivity index (χ0) is 22.2. The summed E-state index contributed by atoms with van der Waals surface area (Å²) in [6.07, 6.45) is 4.09. The van der Waals surface area contributed by atoms with Gasteiger partial charge < -0.3 is 20.1 Å². The number of aliphatic carboxylic acids is 1. The number of hydrogen-bond donors (Lipinski definition) is 3. The maximum absolute atomic E-state index is 14.9. The molecule has 1 unspecified atom stereocenters. The second-order valence-electron chi connectivity index (χ2n) is 6.87. The van der Waals surface area contributed by atoms with Crippen molar-refractivity contribution in [1.29, 1.82) is 0 Å². The lowest BCUT2D eigenvalue weighted by Crippen LogP contribution is -2.31. The van der Waals surface area contributed by atoms with Gasteiger partial charge in [0.25, 0.3) is 0 Å². The summed E-state index contributed by atoms with van der Waals surface area (Å²) in [5, 5.41) is 32.6. The second kappa shape index (κ2) is 8.30. The van der Waals surface area contributed by atoms with Crippen molar-refractivity contribution in [3.8, 4) is 0 Å². The van der Waals surface area contributed by atoms with Gasteiger partial charge in [-0.3, -0.25) is 14.9 Å². The molecule has 0 radical (unpaired) electrons. The van der Waals surface area contributed by atoms with Crippen LogP contribution >= 0.6 is 11.8 Å². The molecule has 1 heterocycles. The Morgan fingerprint density at radius 3 is 2.60 bits per heavy atom. The van der Waals surface area contributed by atoms with E-state index >= 15 is 0 Å². The van der Waals surface area contributed by atoms with E-state index in [-0.39, 0.29) is 18.0 Å². The fraction of sp³-hybridized carbons (Fsp3) is 0.389. The average molecular weight is 439 g/mol. The highest BCUT2D eigenvalue weighted by molar-refractivity contribution is 7.98. The molecule has 2 aromatic rings. The van der Waals surface area contributed by atoms with Crippen LogP contribution in [0.15, 0.2) is 17.1 Å². The number of pyridine rings is 1. The van der Waals surface area contributed by atoms with Crippen LogP contribution in [0.5, 0.6) is 0 Å². The number of carbonyl (C=O) groups is 2. The smallest absolute Gasteiger partial charge is 0.341 e. The van der Waals surface area contributed by atoms with Crippen LogP contribution in [0.1, 0.15) is 35.7 Å². The van der Waals surface area contributed by atoms with Gasteiger partial charge in [-0.2, -0.15) is 11.8 Å². The Kier molecular flexibility index (Phi) is 5.97. The Morgan fingerprint density at radius 2 is 2.10 bits per heavy atom. The Bertz CT molecular complexity index is 1110. The van der Waals surface area contributed by atoms with Crippen molar-refractivity contribution < 1.29 is 29.1 Å². The number of nitrogens with one attached hydrogen (secondary N) is 1. The summed E-state index contributed by atoms with van der Waals surface area (Å²) in [4.78, 5) is 46.6. The van der Waals surface area contributed by atoms with E-state index in [1.807, 2.05) is 0 Å². The quantitative estimate of drug-likeness (QED) is 0.395. The number of thioether (sulfide) groups is 1. The van der Waals surface area contributed by atoms with Crippen LogP contribution in [-0.2, 0) is 4.79 Å². The molecule has 1 aromatic carbocycles. The minimum absolute atomic E-state index is 0.0819. The molecule has 12 heteroatoms. The van der Waals surface area contributed by atoms with Gasteiger partial charge in [0.05, 0.1) is 10.3 Å². The number of anilines is 1. The van der Waals surface area contributed by atoms with Gasteiger partial charge in [0.15, 0.2) is 11.5 Å². The molecule has 1 atom stereocenters. The van der Waals surface area contributed by atoms with E-state index in [0.717, 1.165) is 12.3 Å². The number of halogens is 1. The first-order chi connectivity index (χ1) is 14.2. The van der Waals surface area contributed by atoms with Crippen molar-refractivity contribution in [2.45, 2.75) is 31.3 Å². The highest BCUT2D eigenvalue weighted by Crippen LogP contribution is 2.42. The van der Waals surface area contributed by atoms with Crippen LogP contribution in [0, 0.1) is 15.9 Å². The summed E-state index contributed by atoms with van der Waals surface area (Å²) in [6, 6.07) is -0.830. The number of aromatic carboxylic acids is 1. The van der Waals surface area contributed by atoms with Crippen molar-refractivity contribution in [1.82, 2.24) is 4.57 Å². The standard InChI is InChI=1S/C18H18FN3O7S/c1-30-5-4-12(18(26)27)20-13-11(19)6-9-14(15(13)22(28)29)21(8-2-3-8)7-10(16(9)23)17(24)25/h6-8,12,20H,2-5H2,1H3,(H,24,25)(H,26,27). The summed E-state index contributed by atoms with van der Waals surface area (Å²) in [7, 11) is 0. The molecule has 1 aromatic heterocycles. The van der Waals surface area contributed by atoms with Crippen LogP contribution in [0.4, 0.5) is 15.8 Å². The molecular formula is C18H18FN3O7S. The predicted octanol–water partition coefficient (Wildman–Crippen LogP) is 2.70. The Balaban J connectivity index is 2.32. The zero-order valence-corrected chi connectivity index (χ0v) is 16.6. The molecule has 0 saturated heterocycles. The summed E-state index contributed by atoms with van der Waals surface area (Å²) in [6.45, 7) is 0. The monoisotopic (exact) mass is 439 g/mol. The van der Waals surface area contributed by atoms with Crippen molar-refractivity contribution in [3.05, 3.63) is 44.0 Å². The Morgan fingerprint density at radius 1 is 1.43 bits per heavy atom. The van der Waals surface area contributed by atoms with Crippen molar-refractivity contribution in [3.63, 3.8) is 0 Å². The highest BCUT2D eigenvalue weighted by atomic mass is 32.2. The van der Waals surface area contributed by atoms with E-state index in [9.17, 15) is 39.1 Å². The highest BCUT2D eigenvalue weighted by Gasteiger charge is 2.34. The van der Waals surface area contributed by atoms with Gasteiger partial charge in [0.1, 0.15) is 17.1 Å². The average Bonchev–Trinajstić information content (AvgIpc) is 3.50. The van der Waals surface area contributed by atoms with Crippen molar-refractivity contribution >= 4 is 46.0 Å². The minimum Gasteiger partial charge on any atom is -0.480 e. The summed E-state index contributed by atoms with van der Waals surface area (Å²) in [5.74, 6) is -3.61. The first kappa shape index (κ1) is 21.6. The SMILES string of the molecule is CSCCC(Nc1c(F)cc2c(=O)c(C(=O)O)cn(C3CC3)c2c1[N+](=O)[O-])C(=O)O. The Labute approximate surface area is 172 Å². The van der Waals surface area contributed by atoms with Crippen LogP contribution in [0.3, 0.4) is 0 Å². The molecule has 1 fully saturated rings. The van der Waals surface area contributed by atoms with Crippen molar-refractivity contribution in [2.24, 2.45) is 0 Å². The number of carboxylic acid groups (broad SMARTS) is 2. The first-order valence-corrected chi connectivity index (χ1v) is 10.3. The second-order valence-corrected chi connectivity index (χ2v) is 7.85. The lowest BCUT2D eigenvalue weighted by Gasteiger charge is -2.18. The van der Waals surface area contributed by atoms with Gasteiger partial charge in [-0.25, -0.2) is 14.0 Å². The molecule has 1 aliphatic carbocycles. The molecule has 1 aliphatic rings. The van der Waals surface area contributed by atoms with Crippen LogP contribution in [0.2, 0.25) is 0 Å². The molecule has 0 aliphatic heterocycles. The first-order valence-electron chi connectivity index (χ1n) is 8.94. The molecular weight excluding hydrogens is 421 g/mol. The van der Waals surface area contributed by atoms with E-state index in [4.69, 9.17) is 0 Å². The summed E-state index contributed by atoms with van der Waals surface area (Å²) in [5.41, 5.74) is -3.32. The number of nitrogens with zero attached hydrogens (tertiary/aromatic N) is 2. The third-order valence-electron chi connectivity index (χ3n) is 4.82. The van der Waals surface area contributed by atoms with E-state index in [0.29, 0.717) is 18.6 Å². The fourth-order valence-electron chi connectivity index (χ4n) is 3.24. The van der Waals surface area contributed by atoms with Gasteiger partial charge in [-0.15, -0.1) is 0 Å². The number of nitro groups is 1. The Hall–Kier alpha value is -3.15. The molecule has 0 amide bonds. The number of carboxylic acids is 2. The zero-order valence-electron chi connectivity index (χ0n) is 15.8. The number of rotatable bonds is 9. The number of hydrogen-bond acceptors (Lipinski definition) is 7. The third kappa shape index (κ3) is 3.95. The van der Waals surface area contributed by atoms with E-state index < -0.39 is 56.5 Å². The third-order valence-corrected chi connectivity index (χ3v) is 5.47. The normalized spacial score (nSPS) is 14.5. The maximum Gasteiger partial charge on any atom is 0.341 e. The van der Waals surface area contributed by atoms with Crippen molar-refractivity contribution in [2.75, 3.05) is 17.3 Å². The van der Waals surface area contributed by atoms with Gasteiger partial charge >= 0.3 is 17.6 Å². The molecule has 0 bridgehead atoms. The summed E-state index contributed by atoms with van der Waals surface area (Å²) >= 11 is 1.36. The largest absolute Gasteiger partial charge is 0.480 e. The predicted molar refractivity (Wildman–Crippen MR) is 108 cm³/mol. The number of nitro benzene ring substituents is 1. The van der Waals surface area contributed by atoms with Gasteiger partial charge in [0, 0.05) is 12.2 Å². The minimum atomic E-state index is -1.52. The lowest BCUT2D eigenvalue weighted by molar-refractivity contribution is -0.382.